The van der Waals surface area contributed by atoms with Crippen LogP contribution >= 0.6 is 0 Å². The molecule has 0 aliphatic heterocycles. The minimum Gasteiger partial charge on any atom is -0.481 e. The van der Waals surface area contributed by atoms with Gasteiger partial charge >= 0.3 is 12.0 Å². The Hall–Kier alpha value is -1.26. The van der Waals surface area contributed by atoms with Crippen molar-refractivity contribution >= 4 is 12.0 Å². The van der Waals surface area contributed by atoms with Gasteiger partial charge in [-0.1, -0.05) is 20.8 Å². The molecule has 1 unspecified atom stereocenters. The van der Waals surface area contributed by atoms with Gasteiger partial charge in [-0.3, -0.25) is 4.79 Å². The minimum absolute atomic E-state index is 0.156. The highest BCUT2D eigenvalue weighted by Gasteiger charge is 2.32. The number of amides is 2. The van der Waals surface area contributed by atoms with E-state index in [1.165, 1.54) is 0 Å². The van der Waals surface area contributed by atoms with Gasteiger partial charge in [0.15, 0.2) is 0 Å². The second-order valence-electron chi connectivity index (χ2n) is 6.98. The van der Waals surface area contributed by atoms with Gasteiger partial charge in [0.25, 0.3) is 0 Å². The molecule has 1 atom stereocenters. The van der Waals surface area contributed by atoms with Crippen LogP contribution in [0.25, 0.3) is 0 Å². The van der Waals surface area contributed by atoms with Crippen LogP contribution in [0.2, 0.25) is 0 Å². The maximum Gasteiger partial charge on any atom is 0.315 e. The lowest BCUT2D eigenvalue weighted by Crippen LogP contribution is -2.48. The van der Waals surface area contributed by atoms with Crippen molar-refractivity contribution in [2.45, 2.75) is 65.8 Å². The normalized spacial score (nSPS) is 21.8. The van der Waals surface area contributed by atoms with Crippen molar-refractivity contribution in [3.05, 3.63) is 0 Å². The molecule has 2 amide bonds. The van der Waals surface area contributed by atoms with Gasteiger partial charge in [0.2, 0.25) is 0 Å². The first-order valence-electron chi connectivity index (χ1n) is 7.46. The van der Waals surface area contributed by atoms with Crippen LogP contribution in [0.1, 0.15) is 59.8 Å². The Bertz CT molecular complexity index is 358. The summed E-state index contributed by atoms with van der Waals surface area (Å²) in [5.74, 6) is -0.875. The molecule has 0 aromatic carbocycles. The molecule has 5 nitrogen and oxygen atoms in total. The number of hydrogen-bond donors (Lipinski definition) is 3. The largest absolute Gasteiger partial charge is 0.481 e. The molecule has 0 heterocycles. The first-order valence-corrected chi connectivity index (χ1v) is 7.46. The number of hydrogen-bond acceptors (Lipinski definition) is 2. The van der Waals surface area contributed by atoms with E-state index < -0.39 is 11.4 Å². The van der Waals surface area contributed by atoms with Crippen LogP contribution in [0, 0.1) is 10.8 Å². The highest BCUT2D eigenvalue weighted by atomic mass is 16.4. The van der Waals surface area contributed by atoms with Gasteiger partial charge in [-0.25, -0.2) is 4.79 Å². The van der Waals surface area contributed by atoms with Crippen LogP contribution in [-0.2, 0) is 4.79 Å². The van der Waals surface area contributed by atoms with E-state index in [1.807, 2.05) is 6.92 Å². The number of urea groups is 1. The van der Waals surface area contributed by atoms with Gasteiger partial charge in [0.05, 0.1) is 5.41 Å². The van der Waals surface area contributed by atoms with E-state index in [-0.39, 0.29) is 18.6 Å². The molecule has 0 saturated heterocycles. The average Bonchev–Trinajstić information content (AvgIpc) is 2.38. The third-order valence-corrected chi connectivity index (χ3v) is 4.61. The highest BCUT2D eigenvalue weighted by molar-refractivity contribution is 5.77. The molecule has 0 spiro atoms. The van der Waals surface area contributed by atoms with E-state index in [9.17, 15) is 9.59 Å². The number of aliphatic carboxylic acids is 1. The van der Waals surface area contributed by atoms with Crippen molar-refractivity contribution in [3.63, 3.8) is 0 Å². The van der Waals surface area contributed by atoms with Crippen LogP contribution in [0.15, 0.2) is 0 Å². The van der Waals surface area contributed by atoms with Crippen LogP contribution < -0.4 is 10.6 Å². The number of carbonyl (C=O) groups is 2. The summed E-state index contributed by atoms with van der Waals surface area (Å²) < 4.78 is 0. The summed E-state index contributed by atoms with van der Waals surface area (Å²) in [6.45, 7) is 8.13. The predicted molar refractivity (Wildman–Crippen MR) is 78.6 cm³/mol. The molecular weight excluding hydrogens is 256 g/mol. The van der Waals surface area contributed by atoms with E-state index >= 15 is 0 Å². The molecule has 0 bridgehead atoms. The predicted octanol–water partition coefficient (Wildman–Crippen LogP) is 2.76. The summed E-state index contributed by atoms with van der Waals surface area (Å²) in [7, 11) is 0. The molecule has 5 heteroatoms. The van der Waals surface area contributed by atoms with Crippen LogP contribution in [0.5, 0.6) is 0 Å². The van der Waals surface area contributed by atoms with Crippen molar-refractivity contribution < 1.29 is 14.7 Å². The molecule has 1 rings (SSSR count). The zero-order valence-corrected chi connectivity index (χ0v) is 13.1. The maximum atomic E-state index is 11.8. The summed E-state index contributed by atoms with van der Waals surface area (Å²) in [6.07, 6.45) is 4.69. The Labute approximate surface area is 121 Å². The molecule has 1 saturated carbocycles. The van der Waals surface area contributed by atoms with Gasteiger partial charge in [0, 0.05) is 12.6 Å². The van der Waals surface area contributed by atoms with Crippen molar-refractivity contribution in [3.8, 4) is 0 Å². The van der Waals surface area contributed by atoms with E-state index in [1.54, 1.807) is 6.92 Å². The Morgan fingerprint density at radius 2 is 1.85 bits per heavy atom. The smallest absolute Gasteiger partial charge is 0.315 e. The summed E-state index contributed by atoms with van der Waals surface area (Å²) in [6, 6.07) is -0.0450. The van der Waals surface area contributed by atoms with Crippen LogP contribution in [0.3, 0.4) is 0 Å². The summed E-state index contributed by atoms with van der Waals surface area (Å²) in [5, 5.41) is 14.8. The first-order chi connectivity index (χ1) is 9.18. The molecule has 1 fully saturated rings. The fraction of sp³-hybridized carbons (Fsp3) is 0.867. The SMILES string of the molecule is CCC(C)(CNC(=O)NC1CCC(C)(C)CC1)C(=O)O. The number of nitrogens with one attached hydrogen (secondary N) is 2. The zero-order chi connectivity index (χ0) is 15.4. The molecule has 1 aliphatic carbocycles. The number of carbonyl (C=O) groups excluding carboxylic acids is 1. The third kappa shape index (κ3) is 4.69. The number of rotatable bonds is 5. The Morgan fingerprint density at radius 3 is 2.30 bits per heavy atom. The standard InChI is InChI=1S/C15H28N2O3/c1-5-15(4,12(18)19)10-16-13(20)17-11-6-8-14(2,3)9-7-11/h11H,5-10H2,1-4H3,(H,18,19)(H2,16,17,20). The molecule has 20 heavy (non-hydrogen) atoms. The lowest BCUT2D eigenvalue weighted by molar-refractivity contribution is -0.147. The van der Waals surface area contributed by atoms with Crippen LogP contribution in [0.4, 0.5) is 4.79 Å². The second-order valence-corrected chi connectivity index (χ2v) is 6.98. The van der Waals surface area contributed by atoms with Crippen molar-refractivity contribution in [1.82, 2.24) is 10.6 Å². The number of carboxylic acid groups (broad SMARTS) is 1. The third-order valence-electron chi connectivity index (χ3n) is 4.61. The van der Waals surface area contributed by atoms with E-state index in [4.69, 9.17) is 5.11 Å². The Morgan fingerprint density at radius 1 is 1.30 bits per heavy atom. The van der Waals surface area contributed by atoms with Gasteiger partial charge in [-0.2, -0.15) is 0 Å². The fourth-order valence-corrected chi connectivity index (χ4v) is 2.41. The molecular formula is C15H28N2O3. The van der Waals surface area contributed by atoms with Gasteiger partial charge in [-0.05, 0) is 44.4 Å². The summed E-state index contributed by atoms with van der Waals surface area (Å²) in [4.78, 5) is 23.0. The molecule has 3 N–H and O–H groups in total. The van der Waals surface area contributed by atoms with Crippen molar-refractivity contribution in [2.75, 3.05) is 6.54 Å². The lowest BCUT2D eigenvalue weighted by atomic mass is 9.76. The Balaban J connectivity index is 2.36. The minimum atomic E-state index is -0.897. The van der Waals surface area contributed by atoms with Gasteiger partial charge in [0.1, 0.15) is 0 Å². The number of carboxylic acids is 1. The molecule has 0 aromatic heterocycles. The average molecular weight is 284 g/mol. The summed E-state index contributed by atoms with van der Waals surface area (Å²) in [5.41, 5.74) is -0.523. The second kappa shape index (κ2) is 6.46. The van der Waals surface area contributed by atoms with Crippen molar-refractivity contribution in [2.24, 2.45) is 10.8 Å². The summed E-state index contributed by atoms with van der Waals surface area (Å²) >= 11 is 0. The monoisotopic (exact) mass is 284 g/mol. The lowest BCUT2D eigenvalue weighted by Gasteiger charge is -2.34. The molecule has 116 valence electrons. The zero-order valence-electron chi connectivity index (χ0n) is 13.1. The topological polar surface area (TPSA) is 78.4 Å². The van der Waals surface area contributed by atoms with Crippen molar-refractivity contribution in [1.29, 1.82) is 0 Å². The molecule has 1 aliphatic rings. The fourth-order valence-electron chi connectivity index (χ4n) is 2.41. The quantitative estimate of drug-likeness (QED) is 0.726. The highest BCUT2D eigenvalue weighted by Crippen LogP contribution is 2.34. The van der Waals surface area contributed by atoms with Gasteiger partial charge in [-0.15, -0.1) is 0 Å². The molecule has 0 radical (unpaired) electrons. The maximum absolute atomic E-state index is 11.8. The molecule has 0 aromatic rings. The Kier molecular flexibility index (Phi) is 5.42. The van der Waals surface area contributed by atoms with Crippen LogP contribution in [-0.4, -0.2) is 29.7 Å². The van der Waals surface area contributed by atoms with E-state index in [2.05, 4.69) is 24.5 Å². The first kappa shape index (κ1) is 16.8. The van der Waals surface area contributed by atoms with Gasteiger partial charge < -0.3 is 15.7 Å². The van der Waals surface area contributed by atoms with E-state index in [0.717, 1.165) is 25.7 Å². The van der Waals surface area contributed by atoms with E-state index in [0.29, 0.717) is 11.8 Å².